The maximum atomic E-state index is 12.8. The van der Waals surface area contributed by atoms with Gasteiger partial charge in [0.2, 0.25) is 0 Å². The minimum absolute atomic E-state index is 0.0892. The number of nitrogens with two attached hydrogens (primary N) is 1. The fourth-order valence-electron chi connectivity index (χ4n) is 3.60. The van der Waals surface area contributed by atoms with Gasteiger partial charge in [-0.05, 0) is 24.1 Å². The summed E-state index contributed by atoms with van der Waals surface area (Å²) in [6.07, 6.45) is -3.91. The van der Waals surface area contributed by atoms with Crippen molar-refractivity contribution >= 4 is 34.4 Å². The normalized spacial score (nSPS) is 17.7. The number of alkyl halides is 3. The molecule has 12 heteroatoms. The van der Waals surface area contributed by atoms with Crippen LogP contribution in [0.2, 0.25) is 0 Å². The number of pyridine rings is 1. The number of carbonyl (C=O) groups is 2. The van der Waals surface area contributed by atoms with Crippen molar-refractivity contribution in [3.63, 3.8) is 0 Å². The Hall–Kier alpha value is -4.40. The van der Waals surface area contributed by atoms with Crippen LogP contribution >= 0.6 is 0 Å². The Bertz CT molecular complexity index is 1400. The van der Waals surface area contributed by atoms with Crippen LogP contribution in [0.25, 0.3) is 22.3 Å². The molecule has 9 nitrogen and oxygen atoms in total. The average Bonchev–Trinajstić information content (AvgIpc) is 3.11. The summed E-state index contributed by atoms with van der Waals surface area (Å²) in [6, 6.07) is 8.28. The molecule has 1 aliphatic heterocycles. The Morgan fingerprint density at radius 2 is 2.06 bits per heavy atom. The van der Waals surface area contributed by atoms with Gasteiger partial charge in [0.15, 0.2) is 5.82 Å². The molecule has 1 atom stereocenters. The van der Waals surface area contributed by atoms with E-state index in [4.69, 9.17) is 5.73 Å². The van der Waals surface area contributed by atoms with Gasteiger partial charge in [0.1, 0.15) is 17.2 Å². The van der Waals surface area contributed by atoms with Crippen molar-refractivity contribution < 1.29 is 27.5 Å². The molecule has 0 saturated carbocycles. The van der Waals surface area contributed by atoms with E-state index >= 15 is 0 Å². The molecule has 1 aliphatic rings. The Morgan fingerprint density at radius 3 is 2.71 bits per heavy atom. The number of esters is 1. The predicted molar refractivity (Wildman–Crippen MR) is 121 cm³/mol. The highest BCUT2D eigenvalue weighted by Gasteiger charge is 2.53. The second-order valence-electron chi connectivity index (χ2n) is 7.76. The zero-order valence-electron chi connectivity index (χ0n) is 18.6. The first-order chi connectivity index (χ1) is 16.5. The molecule has 180 valence electrons. The Kier molecular flexibility index (Phi) is 5.94. The molecule has 1 fully saturated rings. The molecule has 0 spiro atoms. The lowest BCUT2D eigenvalue weighted by Crippen LogP contribution is -2.45. The second-order valence-corrected chi connectivity index (χ2v) is 7.76. The highest BCUT2D eigenvalue weighted by atomic mass is 19.4. The minimum Gasteiger partial charge on any atom is -0.429 e. The molecule has 4 rings (SSSR count). The van der Waals surface area contributed by atoms with Crippen LogP contribution in [0.4, 0.5) is 24.8 Å². The Balaban J connectivity index is 1.74. The first-order valence-corrected chi connectivity index (χ1v) is 10.3. The minimum atomic E-state index is -5.26. The van der Waals surface area contributed by atoms with E-state index < -0.39 is 23.7 Å². The molecule has 0 aliphatic carbocycles. The third-order valence-electron chi connectivity index (χ3n) is 5.40. The summed E-state index contributed by atoms with van der Waals surface area (Å²) in [6.45, 7) is 0.0892. The number of nitrogens with one attached hydrogen (secondary N) is 1. The van der Waals surface area contributed by atoms with Crippen molar-refractivity contribution in [3.05, 3.63) is 42.1 Å². The fraction of sp³-hybridized carbons (Fsp3) is 0.261. The number of likely N-dealkylation sites (N-methyl/N-ethyl adjacent to an activating group) is 1. The molecule has 0 bridgehead atoms. The molecule has 3 heterocycles. The number of hydrogen-bond donors (Lipinski definition) is 2. The fourth-order valence-corrected chi connectivity index (χ4v) is 3.60. The largest absolute Gasteiger partial charge is 0.490 e. The maximum absolute atomic E-state index is 12.8. The van der Waals surface area contributed by atoms with E-state index in [0.29, 0.717) is 33.7 Å². The number of hydrogen-bond acceptors (Lipinski definition) is 8. The Labute approximate surface area is 197 Å². The van der Waals surface area contributed by atoms with Gasteiger partial charge in [-0.1, -0.05) is 18.1 Å². The van der Waals surface area contributed by atoms with Gasteiger partial charge in [-0.2, -0.15) is 13.2 Å². The molecule has 3 N–H and O–H groups in total. The van der Waals surface area contributed by atoms with E-state index in [0.717, 1.165) is 4.90 Å². The van der Waals surface area contributed by atoms with E-state index in [-0.39, 0.29) is 18.8 Å². The first-order valence-electron chi connectivity index (χ1n) is 10.3. The summed E-state index contributed by atoms with van der Waals surface area (Å²) < 4.78 is 43.1. The van der Waals surface area contributed by atoms with Gasteiger partial charge in [-0.15, -0.1) is 0 Å². The number of aromatic nitrogens is 3. The van der Waals surface area contributed by atoms with Gasteiger partial charge in [-0.3, -0.25) is 4.79 Å². The van der Waals surface area contributed by atoms with Gasteiger partial charge in [0, 0.05) is 49.8 Å². The second kappa shape index (κ2) is 8.75. The van der Waals surface area contributed by atoms with Crippen LogP contribution in [-0.2, 0) is 14.3 Å². The number of rotatable bonds is 3. The van der Waals surface area contributed by atoms with Crippen LogP contribution in [-0.4, -0.2) is 64.1 Å². The molecular weight excluding hydrogens is 465 g/mol. The molecule has 1 aromatic carbocycles. The van der Waals surface area contributed by atoms with Crippen LogP contribution in [0.1, 0.15) is 12.0 Å². The number of fused-ring (bicyclic) bond motifs is 1. The summed E-state index contributed by atoms with van der Waals surface area (Å²) >= 11 is 0. The maximum Gasteiger partial charge on any atom is 0.490 e. The number of halogens is 3. The van der Waals surface area contributed by atoms with Crippen molar-refractivity contribution in [2.75, 3.05) is 31.7 Å². The zero-order valence-corrected chi connectivity index (χ0v) is 18.6. The predicted octanol–water partition coefficient (Wildman–Crippen LogP) is 2.37. The highest BCUT2D eigenvalue weighted by molar-refractivity contribution is 5.96. The first kappa shape index (κ1) is 23.7. The lowest BCUT2D eigenvalue weighted by Gasteiger charge is -2.22. The van der Waals surface area contributed by atoms with Crippen LogP contribution in [0, 0.1) is 11.8 Å². The van der Waals surface area contributed by atoms with Gasteiger partial charge in [0.05, 0.1) is 0 Å². The summed E-state index contributed by atoms with van der Waals surface area (Å²) in [5, 5.41) is 3.66. The molecule has 0 radical (unpaired) electrons. The number of carbonyl (C=O) groups excluding carboxylic acids is 2. The average molecular weight is 484 g/mol. The van der Waals surface area contributed by atoms with Crippen molar-refractivity contribution in [1.29, 1.82) is 0 Å². The van der Waals surface area contributed by atoms with Crippen LogP contribution in [0.15, 0.2) is 36.5 Å². The smallest absolute Gasteiger partial charge is 0.429 e. The van der Waals surface area contributed by atoms with Crippen LogP contribution in [0.5, 0.6) is 0 Å². The lowest BCUT2D eigenvalue weighted by atomic mass is 10.0. The van der Waals surface area contributed by atoms with E-state index in [2.05, 4.69) is 36.8 Å². The van der Waals surface area contributed by atoms with Gasteiger partial charge in [0.25, 0.3) is 11.5 Å². The zero-order chi connectivity index (χ0) is 25.4. The van der Waals surface area contributed by atoms with Crippen LogP contribution < -0.4 is 11.1 Å². The Morgan fingerprint density at radius 1 is 1.29 bits per heavy atom. The van der Waals surface area contributed by atoms with E-state index in [1.807, 2.05) is 0 Å². The molecule has 1 amide bonds. The summed E-state index contributed by atoms with van der Waals surface area (Å²) in [5.74, 6) is 2.89. The van der Waals surface area contributed by atoms with Crippen LogP contribution in [0.3, 0.4) is 0 Å². The summed E-state index contributed by atoms with van der Waals surface area (Å²) in [4.78, 5) is 38.3. The number of amides is 1. The molecule has 1 saturated heterocycles. The van der Waals surface area contributed by atoms with E-state index in [1.165, 1.54) is 7.05 Å². The molecule has 0 unspecified atom stereocenters. The topological polar surface area (TPSA) is 123 Å². The number of anilines is 2. The number of likely N-dealkylation sites (tertiary alicyclic amines) is 1. The molecule has 35 heavy (non-hydrogen) atoms. The van der Waals surface area contributed by atoms with E-state index in [1.54, 1.807) is 43.6 Å². The highest BCUT2D eigenvalue weighted by Crippen LogP contribution is 2.30. The summed E-state index contributed by atoms with van der Waals surface area (Å²) in [7, 11) is 3.09. The third kappa shape index (κ3) is 4.52. The SMILES string of the molecule is CNc1nc(-c2cccc(C#C[C@]3(OC(=O)C(F)(F)F)CCN(C)C3=O)c2)nc2c(N)nccc12. The van der Waals surface area contributed by atoms with Crippen molar-refractivity contribution in [3.8, 4) is 23.2 Å². The summed E-state index contributed by atoms with van der Waals surface area (Å²) in [5.41, 5.74) is 5.07. The number of nitrogens with zero attached hydrogens (tertiary/aromatic N) is 4. The third-order valence-corrected chi connectivity index (χ3v) is 5.40. The number of ether oxygens (including phenoxy) is 1. The molecular formula is C23H19F3N6O3. The van der Waals surface area contributed by atoms with Gasteiger partial charge in [-0.25, -0.2) is 19.7 Å². The standard InChI is InChI=1S/C23H19F3N6O3/c1-28-19-15-7-10-29-17(27)16(15)30-18(31-19)14-5-3-4-13(12-14)6-8-22(9-11-32(2)20(22)33)35-21(34)23(24,25)26/h3-5,7,10,12H,9,11H2,1-2H3,(H2,27,29)(H,28,30,31)/t22-/m0/s1. The van der Waals surface area contributed by atoms with Gasteiger partial charge >= 0.3 is 12.1 Å². The quantitative estimate of drug-likeness (QED) is 0.429. The lowest BCUT2D eigenvalue weighted by molar-refractivity contribution is -0.209. The van der Waals surface area contributed by atoms with Crippen molar-refractivity contribution in [1.82, 2.24) is 19.9 Å². The monoisotopic (exact) mass is 484 g/mol. The van der Waals surface area contributed by atoms with E-state index in [9.17, 15) is 22.8 Å². The van der Waals surface area contributed by atoms with Crippen molar-refractivity contribution in [2.24, 2.45) is 0 Å². The molecule has 2 aromatic heterocycles. The number of benzene rings is 1. The number of nitrogen functional groups attached to an aromatic ring is 1. The van der Waals surface area contributed by atoms with Crippen molar-refractivity contribution in [2.45, 2.75) is 18.2 Å². The van der Waals surface area contributed by atoms with Gasteiger partial charge < -0.3 is 20.7 Å². The molecule has 3 aromatic rings.